The maximum absolute atomic E-state index is 12.5. The second-order valence-corrected chi connectivity index (χ2v) is 5.24. The minimum atomic E-state index is -0.0277. The molecule has 7 heteroatoms. The molecule has 0 spiro atoms. The lowest BCUT2D eigenvalue weighted by Gasteiger charge is -2.27. The van der Waals surface area contributed by atoms with Gasteiger partial charge < -0.3 is 20.0 Å². The van der Waals surface area contributed by atoms with Gasteiger partial charge in [0.15, 0.2) is 0 Å². The van der Waals surface area contributed by atoms with Crippen LogP contribution in [0.1, 0.15) is 24.3 Å². The fourth-order valence-electron chi connectivity index (χ4n) is 1.99. The minimum Gasteiger partial charge on any atom is -0.363 e. The van der Waals surface area contributed by atoms with Crippen molar-refractivity contribution in [3.8, 4) is 0 Å². The van der Waals surface area contributed by atoms with Crippen LogP contribution in [0, 0.1) is 0 Å². The molecule has 0 aromatic carbocycles. The molecule has 2 rings (SSSR count). The smallest absolute Gasteiger partial charge is 0.272 e. The third-order valence-electron chi connectivity index (χ3n) is 3.18. The van der Waals surface area contributed by atoms with E-state index in [-0.39, 0.29) is 5.91 Å². The van der Waals surface area contributed by atoms with Crippen molar-refractivity contribution < 1.29 is 4.79 Å². The largest absolute Gasteiger partial charge is 0.363 e. The van der Waals surface area contributed by atoms with Crippen LogP contribution in [0.3, 0.4) is 0 Å². The van der Waals surface area contributed by atoms with Gasteiger partial charge in [-0.25, -0.2) is 4.98 Å². The number of hydrogen-bond donors (Lipinski definition) is 1. The summed E-state index contributed by atoms with van der Waals surface area (Å²) in [5, 5.41) is 3.24. The van der Waals surface area contributed by atoms with E-state index in [2.05, 4.69) is 15.3 Å². The van der Waals surface area contributed by atoms with Gasteiger partial charge >= 0.3 is 0 Å². The highest BCUT2D eigenvalue weighted by molar-refractivity contribution is 5.93. The summed E-state index contributed by atoms with van der Waals surface area (Å²) in [4.78, 5) is 26.8. The van der Waals surface area contributed by atoms with Crippen molar-refractivity contribution in [2.45, 2.75) is 13.8 Å². The average molecular weight is 308 g/mol. The third-order valence-corrected chi connectivity index (χ3v) is 3.18. The van der Waals surface area contributed by atoms with E-state index >= 15 is 0 Å². The Balaban J connectivity index is 0.00000116. The Morgan fingerprint density at radius 3 is 2.18 bits per heavy atom. The van der Waals surface area contributed by atoms with Crippen LogP contribution in [0.4, 0.5) is 11.8 Å². The molecule has 1 N–H and O–H groups in total. The van der Waals surface area contributed by atoms with Crippen molar-refractivity contribution in [3.63, 3.8) is 0 Å². The van der Waals surface area contributed by atoms with Crippen LogP contribution in [0.15, 0.2) is 6.07 Å². The zero-order valence-corrected chi connectivity index (χ0v) is 14.6. The van der Waals surface area contributed by atoms with Crippen molar-refractivity contribution in [3.05, 3.63) is 11.8 Å². The van der Waals surface area contributed by atoms with Gasteiger partial charge in [0, 0.05) is 60.4 Å². The number of anilines is 2. The molecule has 1 aliphatic heterocycles. The van der Waals surface area contributed by atoms with Gasteiger partial charge in [-0.1, -0.05) is 13.8 Å². The van der Waals surface area contributed by atoms with Crippen LogP contribution in [-0.2, 0) is 0 Å². The Bertz CT molecular complexity index is 457. The van der Waals surface area contributed by atoms with Gasteiger partial charge in [0.05, 0.1) is 0 Å². The Hall–Kier alpha value is -1.89. The van der Waals surface area contributed by atoms with Crippen LogP contribution >= 0.6 is 0 Å². The fourth-order valence-corrected chi connectivity index (χ4v) is 1.99. The van der Waals surface area contributed by atoms with E-state index in [1.165, 1.54) is 0 Å². The molecule has 0 saturated carbocycles. The highest BCUT2D eigenvalue weighted by atomic mass is 16.2. The average Bonchev–Trinajstić information content (AvgIpc) is 2.56. The third kappa shape index (κ3) is 4.56. The molecule has 1 aromatic rings. The van der Waals surface area contributed by atoms with Crippen LogP contribution in [0.25, 0.3) is 0 Å². The van der Waals surface area contributed by atoms with Gasteiger partial charge in [-0.05, 0) is 0 Å². The van der Waals surface area contributed by atoms with Gasteiger partial charge in [0.1, 0.15) is 11.5 Å². The Kier molecular flexibility index (Phi) is 7.04. The van der Waals surface area contributed by atoms with Crippen LogP contribution in [0.5, 0.6) is 0 Å². The number of aromatic nitrogens is 2. The van der Waals surface area contributed by atoms with Gasteiger partial charge in [-0.2, -0.15) is 4.98 Å². The normalized spacial score (nSPS) is 14.0. The van der Waals surface area contributed by atoms with E-state index < -0.39 is 0 Å². The Morgan fingerprint density at radius 1 is 1.09 bits per heavy atom. The lowest BCUT2D eigenvalue weighted by atomic mass is 10.3. The summed E-state index contributed by atoms with van der Waals surface area (Å²) in [7, 11) is 7.55. The van der Waals surface area contributed by atoms with E-state index in [0.29, 0.717) is 11.6 Å². The molecular formula is C15H28N6O. The molecule has 0 unspecified atom stereocenters. The number of nitrogens with one attached hydrogen (secondary N) is 1. The monoisotopic (exact) mass is 308 g/mol. The summed E-state index contributed by atoms with van der Waals surface area (Å²) in [5.41, 5.74) is 0.453. The second kappa shape index (κ2) is 8.53. The van der Waals surface area contributed by atoms with Crippen molar-refractivity contribution in [2.24, 2.45) is 0 Å². The van der Waals surface area contributed by atoms with E-state index in [4.69, 9.17) is 0 Å². The van der Waals surface area contributed by atoms with E-state index in [1.54, 1.807) is 6.07 Å². The van der Waals surface area contributed by atoms with E-state index in [9.17, 15) is 4.79 Å². The number of rotatable bonds is 3. The summed E-state index contributed by atoms with van der Waals surface area (Å²) >= 11 is 0. The van der Waals surface area contributed by atoms with Crippen molar-refractivity contribution >= 4 is 17.7 Å². The number of hydrogen-bond acceptors (Lipinski definition) is 6. The lowest BCUT2D eigenvalue weighted by Crippen LogP contribution is -2.46. The Labute approximate surface area is 133 Å². The van der Waals surface area contributed by atoms with Crippen molar-refractivity contribution in [2.75, 3.05) is 64.2 Å². The van der Waals surface area contributed by atoms with Gasteiger partial charge in [0.2, 0.25) is 5.95 Å². The quantitative estimate of drug-likeness (QED) is 0.886. The predicted octanol–water partition coefficient (Wildman–Crippen LogP) is 0.680. The summed E-state index contributed by atoms with van der Waals surface area (Å²) in [6.45, 7) is 7.10. The molecule has 1 amide bonds. The summed E-state index contributed by atoms with van der Waals surface area (Å²) in [6, 6.07) is 1.75. The molecule has 1 aromatic heterocycles. The van der Waals surface area contributed by atoms with Gasteiger partial charge in [-0.15, -0.1) is 0 Å². The molecule has 0 radical (unpaired) electrons. The number of nitrogens with zero attached hydrogens (tertiary/aromatic N) is 5. The van der Waals surface area contributed by atoms with Gasteiger partial charge in [0.25, 0.3) is 5.91 Å². The zero-order chi connectivity index (χ0) is 16.7. The molecule has 2 heterocycles. The molecule has 1 aliphatic rings. The Morgan fingerprint density at radius 2 is 1.68 bits per heavy atom. The lowest BCUT2D eigenvalue weighted by molar-refractivity contribution is 0.0730. The first-order chi connectivity index (χ1) is 10.5. The number of amides is 1. The second-order valence-electron chi connectivity index (χ2n) is 5.24. The summed E-state index contributed by atoms with van der Waals surface area (Å²) < 4.78 is 0. The summed E-state index contributed by atoms with van der Waals surface area (Å²) in [6.07, 6.45) is 0. The topological polar surface area (TPSA) is 64.6 Å². The number of carbonyl (C=O) groups is 1. The summed E-state index contributed by atoms with van der Waals surface area (Å²) in [5.74, 6) is 1.26. The highest BCUT2D eigenvalue weighted by Gasteiger charge is 2.21. The maximum Gasteiger partial charge on any atom is 0.272 e. The molecule has 0 atom stereocenters. The molecule has 0 bridgehead atoms. The van der Waals surface area contributed by atoms with E-state index in [1.807, 2.05) is 56.7 Å². The predicted molar refractivity (Wildman–Crippen MR) is 90.8 cm³/mol. The standard InChI is InChI=1S/C13H22N6O.C2H6/c1-17(2)11-9-10(15-13(16-11)18(3)4)12(20)19-7-5-14-6-8-19;1-2/h9,14H,5-8H2,1-4H3;1-2H3. The fraction of sp³-hybridized carbons (Fsp3) is 0.667. The number of carbonyl (C=O) groups excluding carboxylic acids is 1. The highest BCUT2D eigenvalue weighted by Crippen LogP contribution is 2.16. The first kappa shape index (κ1) is 18.2. The number of piperazine rings is 1. The zero-order valence-electron chi connectivity index (χ0n) is 14.6. The molecule has 124 valence electrons. The van der Waals surface area contributed by atoms with Gasteiger partial charge in [-0.3, -0.25) is 4.79 Å². The molecule has 0 aliphatic carbocycles. The maximum atomic E-state index is 12.5. The van der Waals surface area contributed by atoms with Crippen LogP contribution in [0.2, 0.25) is 0 Å². The first-order valence-corrected chi connectivity index (χ1v) is 7.73. The molecular weight excluding hydrogens is 280 g/mol. The molecule has 1 fully saturated rings. The van der Waals surface area contributed by atoms with Crippen molar-refractivity contribution in [1.82, 2.24) is 20.2 Å². The van der Waals surface area contributed by atoms with Crippen LogP contribution < -0.4 is 15.1 Å². The molecule has 7 nitrogen and oxygen atoms in total. The van der Waals surface area contributed by atoms with Crippen LogP contribution in [-0.4, -0.2) is 75.1 Å². The molecule has 1 saturated heterocycles. The van der Waals surface area contributed by atoms with E-state index in [0.717, 1.165) is 32.0 Å². The SMILES string of the molecule is CC.CN(C)c1cc(C(=O)N2CCNCC2)nc(N(C)C)n1. The minimum absolute atomic E-state index is 0.0277. The van der Waals surface area contributed by atoms with Crippen molar-refractivity contribution in [1.29, 1.82) is 0 Å². The molecule has 22 heavy (non-hydrogen) atoms. The first-order valence-electron chi connectivity index (χ1n) is 7.73.